The van der Waals surface area contributed by atoms with Gasteiger partial charge in [0, 0.05) is 30.9 Å². The summed E-state index contributed by atoms with van der Waals surface area (Å²) in [5, 5.41) is 3.60. The molecule has 0 bridgehead atoms. The Labute approximate surface area is 123 Å². The molecule has 0 radical (unpaired) electrons. The van der Waals surface area contributed by atoms with Crippen molar-refractivity contribution in [2.24, 2.45) is 0 Å². The fourth-order valence-corrected chi connectivity index (χ4v) is 2.19. The van der Waals surface area contributed by atoms with E-state index in [1.54, 1.807) is 0 Å². The van der Waals surface area contributed by atoms with E-state index in [2.05, 4.69) is 57.1 Å². The molecular formula is C17H29N3. The first-order valence-corrected chi connectivity index (χ1v) is 7.93. The van der Waals surface area contributed by atoms with Crippen molar-refractivity contribution in [2.45, 2.75) is 71.5 Å². The summed E-state index contributed by atoms with van der Waals surface area (Å²) in [5.74, 6) is 1.10. The van der Waals surface area contributed by atoms with Crippen LogP contribution in [-0.2, 0) is 13.0 Å². The van der Waals surface area contributed by atoms with Gasteiger partial charge in [0.15, 0.2) is 0 Å². The van der Waals surface area contributed by atoms with E-state index in [1.807, 2.05) is 0 Å². The fraction of sp³-hybridized carbons (Fsp3) is 0.706. The summed E-state index contributed by atoms with van der Waals surface area (Å²) in [4.78, 5) is 7.12. The average Bonchev–Trinajstić information content (AvgIpc) is 3.28. The summed E-state index contributed by atoms with van der Waals surface area (Å²) in [5.41, 5.74) is 2.69. The molecule has 0 amide bonds. The third-order valence-electron chi connectivity index (χ3n) is 4.58. The highest BCUT2D eigenvalue weighted by Crippen LogP contribution is 2.25. The van der Waals surface area contributed by atoms with Crippen LogP contribution in [0, 0.1) is 0 Å². The Bertz CT molecular complexity index is 450. The maximum atomic E-state index is 4.81. The number of rotatable bonds is 7. The van der Waals surface area contributed by atoms with Crippen molar-refractivity contribution in [1.29, 1.82) is 0 Å². The number of aryl methyl sites for hydroxylation is 1. The van der Waals surface area contributed by atoms with Crippen molar-refractivity contribution in [3.8, 4) is 0 Å². The fourth-order valence-electron chi connectivity index (χ4n) is 2.19. The van der Waals surface area contributed by atoms with Crippen LogP contribution in [0.1, 0.15) is 58.2 Å². The molecule has 1 saturated carbocycles. The van der Waals surface area contributed by atoms with Gasteiger partial charge in [0.05, 0.1) is 0 Å². The number of nitrogens with zero attached hydrogens (tertiary/aromatic N) is 2. The first kappa shape index (κ1) is 15.3. The quantitative estimate of drug-likeness (QED) is 0.825. The standard InChI is InChI=1S/C17H29N3/c1-6-14-10-13(12-18-15-8-9-15)11-16(19-14)20(5)17(3,4)7-2/h10-11,15,18H,6-9,12H2,1-5H3. The second-order valence-corrected chi connectivity index (χ2v) is 6.56. The lowest BCUT2D eigenvalue weighted by Crippen LogP contribution is -2.41. The number of nitrogens with one attached hydrogen (secondary N) is 1. The highest BCUT2D eigenvalue weighted by Gasteiger charge is 2.23. The van der Waals surface area contributed by atoms with E-state index in [-0.39, 0.29) is 5.54 Å². The van der Waals surface area contributed by atoms with E-state index in [0.29, 0.717) is 0 Å². The topological polar surface area (TPSA) is 28.2 Å². The first-order chi connectivity index (χ1) is 9.46. The Morgan fingerprint density at radius 1 is 1.30 bits per heavy atom. The van der Waals surface area contributed by atoms with Gasteiger partial charge in [-0.05, 0) is 57.2 Å². The van der Waals surface area contributed by atoms with Crippen LogP contribution in [-0.4, -0.2) is 23.6 Å². The molecule has 3 heteroatoms. The van der Waals surface area contributed by atoms with Crippen molar-refractivity contribution < 1.29 is 0 Å². The Kier molecular flexibility index (Phi) is 4.69. The monoisotopic (exact) mass is 275 g/mol. The highest BCUT2D eigenvalue weighted by molar-refractivity contribution is 5.44. The maximum Gasteiger partial charge on any atom is 0.129 e. The molecule has 2 rings (SSSR count). The number of hydrogen-bond acceptors (Lipinski definition) is 3. The lowest BCUT2D eigenvalue weighted by atomic mass is 10.00. The van der Waals surface area contributed by atoms with Gasteiger partial charge >= 0.3 is 0 Å². The van der Waals surface area contributed by atoms with Gasteiger partial charge in [-0.3, -0.25) is 0 Å². The van der Waals surface area contributed by atoms with Gasteiger partial charge in [-0.2, -0.15) is 0 Å². The third-order valence-corrected chi connectivity index (χ3v) is 4.58. The van der Waals surface area contributed by atoms with Gasteiger partial charge in [0.25, 0.3) is 0 Å². The van der Waals surface area contributed by atoms with Crippen LogP contribution in [0.2, 0.25) is 0 Å². The summed E-state index contributed by atoms with van der Waals surface area (Å²) in [6.45, 7) is 9.92. The van der Waals surface area contributed by atoms with Crippen LogP contribution < -0.4 is 10.2 Å². The van der Waals surface area contributed by atoms with Gasteiger partial charge in [0.2, 0.25) is 0 Å². The van der Waals surface area contributed by atoms with Gasteiger partial charge in [0.1, 0.15) is 5.82 Å². The predicted molar refractivity (Wildman–Crippen MR) is 86.2 cm³/mol. The van der Waals surface area contributed by atoms with Crippen LogP contribution in [0.4, 0.5) is 5.82 Å². The van der Waals surface area contributed by atoms with Crippen LogP contribution in [0.25, 0.3) is 0 Å². The SMILES string of the molecule is CCc1cc(CNC2CC2)cc(N(C)C(C)(C)CC)n1. The Balaban J connectivity index is 2.19. The zero-order valence-electron chi connectivity index (χ0n) is 13.7. The van der Waals surface area contributed by atoms with Crippen LogP contribution >= 0.6 is 0 Å². The molecule has 1 N–H and O–H groups in total. The van der Waals surface area contributed by atoms with Crippen molar-refractivity contribution in [1.82, 2.24) is 10.3 Å². The summed E-state index contributed by atoms with van der Waals surface area (Å²) in [6.07, 6.45) is 4.77. The van der Waals surface area contributed by atoms with Crippen LogP contribution in [0.5, 0.6) is 0 Å². The Morgan fingerprint density at radius 2 is 2.00 bits per heavy atom. The van der Waals surface area contributed by atoms with E-state index < -0.39 is 0 Å². The number of pyridine rings is 1. The Hall–Kier alpha value is -1.09. The summed E-state index contributed by atoms with van der Waals surface area (Å²) in [7, 11) is 2.16. The van der Waals surface area contributed by atoms with Crippen LogP contribution in [0.3, 0.4) is 0 Å². The molecule has 3 nitrogen and oxygen atoms in total. The Morgan fingerprint density at radius 3 is 2.55 bits per heavy atom. The second-order valence-electron chi connectivity index (χ2n) is 6.56. The molecule has 1 aromatic heterocycles. The molecule has 0 unspecified atom stereocenters. The molecule has 1 fully saturated rings. The number of hydrogen-bond donors (Lipinski definition) is 1. The molecule has 20 heavy (non-hydrogen) atoms. The molecule has 1 aliphatic carbocycles. The van der Waals surface area contributed by atoms with Gasteiger partial charge in [-0.15, -0.1) is 0 Å². The number of aromatic nitrogens is 1. The maximum absolute atomic E-state index is 4.81. The minimum Gasteiger partial charge on any atom is -0.355 e. The summed E-state index contributed by atoms with van der Waals surface area (Å²) in [6, 6.07) is 5.24. The summed E-state index contributed by atoms with van der Waals surface area (Å²) < 4.78 is 0. The van der Waals surface area contributed by atoms with Gasteiger partial charge in [-0.1, -0.05) is 13.8 Å². The number of anilines is 1. The highest BCUT2D eigenvalue weighted by atomic mass is 15.2. The molecule has 0 aliphatic heterocycles. The molecule has 0 saturated heterocycles. The predicted octanol–water partition coefficient (Wildman–Crippen LogP) is 3.52. The molecule has 0 atom stereocenters. The average molecular weight is 275 g/mol. The van der Waals surface area contributed by atoms with Gasteiger partial charge < -0.3 is 10.2 Å². The molecule has 1 aromatic rings. The zero-order valence-corrected chi connectivity index (χ0v) is 13.7. The van der Waals surface area contributed by atoms with Gasteiger partial charge in [-0.25, -0.2) is 4.98 Å². The van der Waals surface area contributed by atoms with E-state index in [4.69, 9.17) is 4.98 Å². The molecule has 0 spiro atoms. The molecule has 1 aliphatic rings. The largest absolute Gasteiger partial charge is 0.355 e. The third kappa shape index (κ3) is 3.72. The van der Waals surface area contributed by atoms with Crippen molar-refractivity contribution in [3.05, 3.63) is 23.4 Å². The minimum absolute atomic E-state index is 0.139. The lowest BCUT2D eigenvalue weighted by Gasteiger charge is -2.36. The lowest BCUT2D eigenvalue weighted by molar-refractivity contribution is 0.466. The molecular weight excluding hydrogens is 246 g/mol. The molecule has 112 valence electrons. The zero-order chi connectivity index (χ0) is 14.8. The van der Waals surface area contributed by atoms with E-state index in [1.165, 1.54) is 24.1 Å². The minimum atomic E-state index is 0.139. The smallest absolute Gasteiger partial charge is 0.129 e. The summed E-state index contributed by atoms with van der Waals surface area (Å²) >= 11 is 0. The second kappa shape index (κ2) is 6.13. The molecule has 1 heterocycles. The van der Waals surface area contributed by atoms with Crippen molar-refractivity contribution >= 4 is 5.82 Å². The normalized spacial score (nSPS) is 15.4. The van der Waals surface area contributed by atoms with Crippen molar-refractivity contribution in [2.75, 3.05) is 11.9 Å². The van der Waals surface area contributed by atoms with Crippen molar-refractivity contribution in [3.63, 3.8) is 0 Å². The molecule has 0 aromatic carbocycles. The van der Waals surface area contributed by atoms with E-state index in [9.17, 15) is 0 Å². The van der Waals surface area contributed by atoms with Crippen LogP contribution in [0.15, 0.2) is 12.1 Å². The van der Waals surface area contributed by atoms with E-state index in [0.717, 1.165) is 31.2 Å². The van der Waals surface area contributed by atoms with E-state index >= 15 is 0 Å². The first-order valence-electron chi connectivity index (χ1n) is 7.93.